The van der Waals surface area contributed by atoms with Crippen LogP contribution in [0.5, 0.6) is 0 Å². The van der Waals surface area contributed by atoms with Gasteiger partial charge in [-0.05, 0) is 23.8 Å². The van der Waals surface area contributed by atoms with E-state index in [1.165, 1.54) is 6.92 Å². The van der Waals surface area contributed by atoms with Gasteiger partial charge in [-0.3, -0.25) is 4.79 Å². The van der Waals surface area contributed by atoms with E-state index in [1.807, 2.05) is 60.7 Å². The van der Waals surface area contributed by atoms with Gasteiger partial charge in [-0.1, -0.05) is 42.5 Å². The van der Waals surface area contributed by atoms with Crippen LogP contribution in [0.2, 0.25) is 0 Å². The predicted octanol–water partition coefficient (Wildman–Crippen LogP) is 3.02. The number of rotatable bonds is 4. The summed E-state index contributed by atoms with van der Waals surface area (Å²) in [7, 11) is 0. The number of benzene rings is 2. The highest BCUT2D eigenvalue weighted by Crippen LogP contribution is 2.10. The van der Waals surface area contributed by atoms with Gasteiger partial charge in [0.15, 0.2) is 0 Å². The van der Waals surface area contributed by atoms with Gasteiger partial charge in [0.25, 0.3) is 0 Å². The third kappa shape index (κ3) is 4.62. The topological polar surface area (TPSA) is 67.5 Å². The van der Waals surface area contributed by atoms with E-state index in [0.29, 0.717) is 5.84 Å². The van der Waals surface area contributed by atoms with Gasteiger partial charge >= 0.3 is 0 Å². The van der Waals surface area contributed by atoms with E-state index in [-0.39, 0.29) is 5.91 Å². The lowest BCUT2D eigenvalue weighted by molar-refractivity contribution is -0.114. The maximum Gasteiger partial charge on any atom is 0.221 e. The molecule has 3 N–H and O–H groups in total. The second kappa shape index (κ2) is 7.05. The van der Waals surface area contributed by atoms with E-state index < -0.39 is 0 Å². The number of carbonyl (C=O) groups is 1. The number of hydrogen-bond acceptors (Lipinski definition) is 2. The minimum Gasteiger partial charge on any atom is -0.383 e. The lowest BCUT2D eigenvalue weighted by Gasteiger charge is -2.01. The van der Waals surface area contributed by atoms with Gasteiger partial charge in [-0.2, -0.15) is 0 Å². The molecule has 0 spiro atoms. The molecule has 1 amide bonds. The fourth-order valence-electron chi connectivity index (χ4n) is 1.77. The molecule has 4 heteroatoms. The van der Waals surface area contributed by atoms with E-state index in [9.17, 15) is 4.79 Å². The number of amides is 1. The largest absolute Gasteiger partial charge is 0.383 e. The summed E-state index contributed by atoms with van der Waals surface area (Å²) >= 11 is 0. The van der Waals surface area contributed by atoms with E-state index in [4.69, 9.17) is 5.73 Å². The monoisotopic (exact) mass is 279 g/mol. The van der Waals surface area contributed by atoms with Crippen molar-refractivity contribution in [3.05, 3.63) is 71.9 Å². The van der Waals surface area contributed by atoms with Crippen molar-refractivity contribution in [2.75, 3.05) is 5.32 Å². The molecule has 106 valence electrons. The van der Waals surface area contributed by atoms with E-state index in [0.717, 1.165) is 16.8 Å². The standard InChI is InChI=1S/C17H17N3O/c1-13(21)20-16-9-7-14(8-10-16)11-12-19-17(18)15-5-3-2-4-6-15/h2-12H,1H3,(H2,18,19)(H,20,21)/b12-11+. The molecular weight excluding hydrogens is 262 g/mol. The summed E-state index contributed by atoms with van der Waals surface area (Å²) in [6.07, 6.45) is 3.52. The van der Waals surface area contributed by atoms with Crippen molar-refractivity contribution in [2.24, 2.45) is 10.7 Å². The predicted molar refractivity (Wildman–Crippen MR) is 86.9 cm³/mol. The van der Waals surface area contributed by atoms with Crippen molar-refractivity contribution in [1.29, 1.82) is 0 Å². The Balaban J connectivity index is 2.02. The van der Waals surface area contributed by atoms with Crippen LogP contribution in [0.1, 0.15) is 18.1 Å². The highest BCUT2D eigenvalue weighted by atomic mass is 16.1. The van der Waals surface area contributed by atoms with Crippen LogP contribution in [0, 0.1) is 0 Å². The lowest BCUT2D eigenvalue weighted by Crippen LogP contribution is -2.12. The zero-order valence-electron chi connectivity index (χ0n) is 11.8. The number of amidine groups is 1. The first kappa shape index (κ1) is 14.5. The molecule has 0 heterocycles. The van der Waals surface area contributed by atoms with E-state index in [2.05, 4.69) is 10.3 Å². The van der Waals surface area contributed by atoms with Crippen LogP contribution in [0.3, 0.4) is 0 Å². The summed E-state index contributed by atoms with van der Waals surface area (Å²) in [5.74, 6) is 0.389. The molecule has 0 radical (unpaired) electrons. The maximum atomic E-state index is 10.9. The zero-order valence-corrected chi connectivity index (χ0v) is 11.8. The molecule has 2 aromatic rings. The maximum absolute atomic E-state index is 10.9. The van der Waals surface area contributed by atoms with Gasteiger partial charge < -0.3 is 11.1 Å². The molecule has 4 nitrogen and oxygen atoms in total. The lowest BCUT2D eigenvalue weighted by atomic mass is 10.2. The summed E-state index contributed by atoms with van der Waals surface area (Å²) in [5.41, 5.74) is 8.53. The van der Waals surface area contributed by atoms with Crippen molar-refractivity contribution in [2.45, 2.75) is 6.92 Å². The summed E-state index contributed by atoms with van der Waals surface area (Å²) in [4.78, 5) is 15.1. The third-order valence-corrected chi connectivity index (χ3v) is 2.78. The van der Waals surface area contributed by atoms with Crippen molar-refractivity contribution in [3.8, 4) is 0 Å². The average molecular weight is 279 g/mol. The Kier molecular flexibility index (Phi) is 4.88. The van der Waals surface area contributed by atoms with Crippen molar-refractivity contribution < 1.29 is 4.79 Å². The Bertz CT molecular complexity index is 658. The van der Waals surface area contributed by atoms with Crippen molar-refractivity contribution >= 4 is 23.5 Å². The average Bonchev–Trinajstić information content (AvgIpc) is 2.49. The molecule has 0 atom stereocenters. The Hall–Kier alpha value is -2.88. The zero-order chi connectivity index (χ0) is 15.1. The minimum absolute atomic E-state index is 0.0847. The van der Waals surface area contributed by atoms with Gasteiger partial charge in [-0.15, -0.1) is 0 Å². The summed E-state index contributed by atoms with van der Waals surface area (Å²) in [6, 6.07) is 17.1. The summed E-state index contributed by atoms with van der Waals surface area (Å²) in [6.45, 7) is 1.48. The number of hydrogen-bond donors (Lipinski definition) is 2. The fraction of sp³-hybridized carbons (Fsp3) is 0.0588. The molecule has 0 aliphatic rings. The van der Waals surface area contributed by atoms with Crippen LogP contribution in [0.4, 0.5) is 5.69 Å². The van der Waals surface area contributed by atoms with Crippen LogP contribution >= 0.6 is 0 Å². The van der Waals surface area contributed by atoms with E-state index >= 15 is 0 Å². The molecular formula is C17H17N3O. The van der Waals surface area contributed by atoms with Crippen LogP contribution in [0.25, 0.3) is 6.08 Å². The highest BCUT2D eigenvalue weighted by Gasteiger charge is 1.95. The number of aliphatic imine (C=N–C) groups is 1. The second-order valence-electron chi connectivity index (χ2n) is 4.50. The van der Waals surface area contributed by atoms with Crippen molar-refractivity contribution in [1.82, 2.24) is 0 Å². The number of anilines is 1. The molecule has 0 saturated carbocycles. The molecule has 0 aliphatic heterocycles. The normalized spacial score (nSPS) is 11.6. The Morgan fingerprint density at radius 2 is 1.76 bits per heavy atom. The molecule has 0 fully saturated rings. The first-order chi connectivity index (χ1) is 10.1. The molecule has 0 aromatic heterocycles. The molecule has 2 rings (SSSR count). The molecule has 0 saturated heterocycles. The number of nitrogens with one attached hydrogen (secondary N) is 1. The number of carbonyl (C=O) groups excluding carboxylic acids is 1. The SMILES string of the molecule is CC(=O)Nc1ccc(/C=C/N=C(N)c2ccccc2)cc1. The number of nitrogens with zero attached hydrogens (tertiary/aromatic N) is 1. The van der Waals surface area contributed by atoms with E-state index in [1.54, 1.807) is 6.20 Å². The van der Waals surface area contributed by atoms with Gasteiger partial charge in [0.05, 0.1) is 0 Å². The quantitative estimate of drug-likeness (QED) is 0.667. The second-order valence-corrected chi connectivity index (χ2v) is 4.50. The molecule has 2 aromatic carbocycles. The Labute approximate surface area is 124 Å². The summed E-state index contributed by atoms with van der Waals surface area (Å²) < 4.78 is 0. The minimum atomic E-state index is -0.0847. The fourth-order valence-corrected chi connectivity index (χ4v) is 1.77. The van der Waals surface area contributed by atoms with Crippen LogP contribution < -0.4 is 11.1 Å². The van der Waals surface area contributed by atoms with Crippen LogP contribution in [-0.4, -0.2) is 11.7 Å². The molecule has 0 bridgehead atoms. The molecule has 0 unspecified atom stereocenters. The first-order valence-corrected chi connectivity index (χ1v) is 6.58. The third-order valence-electron chi connectivity index (χ3n) is 2.78. The molecule has 21 heavy (non-hydrogen) atoms. The van der Waals surface area contributed by atoms with Crippen LogP contribution in [-0.2, 0) is 4.79 Å². The van der Waals surface area contributed by atoms with Gasteiger partial charge in [0.2, 0.25) is 5.91 Å². The van der Waals surface area contributed by atoms with Gasteiger partial charge in [0.1, 0.15) is 5.84 Å². The number of nitrogens with two attached hydrogens (primary N) is 1. The van der Waals surface area contributed by atoms with Crippen LogP contribution in [0.15, 0.2) is 65.8 Å². The molecule has 0 aliphatic carbocycles. The van der Waals surface area contributed by atoms with Gasteiger partial charge in [-0.25, -0.2) is 4.99 Å². The smallest absolute Gasteiger partial charge is 0.221 e. The van der Waals surface area contributed by atoms with Crippen molar-refractivity contribution in [3.63, 3.8) is 0 Å². The van der Waals surface area contributed by atoms with Gasteiger partial charge in [0, 0.05) is 24.4 Å². The Morgan fingerprint density at radius 3 is 2.38 bits per heavy atom. The Morgan fingerprint density at radius 1 is 1.10 bits per heavy atom. The highest BCUT2D eigenvalue weighted by molar-refractivity contribution is 5.97. The first-order valence-electron chi connectivity index (χ1n) is 6.58. The summed E-state index contributed by atoms with van der Waals surface area (Å²) in [5, 5.41) is 2.72.